The molecule has 2 rings (SSSR count). The van der Waals surface area contributed by atoms with Crippen LogP contribution < -0.4 is 0 Å². The standard InChI is InChI=1S/C15H20BrNO/c1-10-8-11(2)12(3)17(9-10)15(18)13-6-4-5-7-14(13)16/h4-7,10-12H,8-9H2,1-3H3. The lowest BCUT2D eigenvalue weighted by atomic mass is 9.85. The minimum atomic E-state index is 0.147. The van der Waals surface area contributed by atoms with Gasteiger partial charge >= 0.3 is 0 Å². The average Bonchev–Trinajstić information content (AvgIpc) is 2.33. The van der Waals surface area contributed by atoms with Crippen LogP contribution in [-0.2, 0) is 0 Å². The summed E-state index contributed by atoms with van der Waals surface area (Å²) in [5, 5.41) is 0. The fourth-order valence-electron chi connectivity index (χ4n) is 2.77. The van der Waals surface area contributed by atoms with E-state index >= 15 is 0 Å². The van der Waals surface area contributed by atoms with Gasteiger partial charge in [0.1, 0.15) is 0 Å². The van der Waals surface area contributed by atoms with Gasteiger partial charge < -0.3 is 4.90 Å². The molecule has 2 nitrogen and oxygen atoms in total. The molecular formula is C15H20BrNO. The maximum Gasteiger partial charge on any atom is 0.255 e. The minimum absolute atomic E-state index is 0.147. The molecule has 0 bridgehead atoms. The number of hydrogen-bond acceptors (Lipinski definition) is 1. The van der Waals surface area contributed by atoms with E-state index in [-0.39, 0.29) is 5.91 Å². The predicted octanol–water partition coefficient (Wildman–Crippen LogP) is 3.96. The molecule has 0 N–H and O–H groups in total. The van der Waals surface area contributed by atoms with Crippen LogP contribution in [0.25, 0.3) is 0 Å². The Balaban J connectivity index is 2.25. The van der Waals surface area contributed by atoms with Gasteiger partial charge in [-0.15, -0.1) is 0 Å². The molecule has 0 aromatic heterocycles. The number of halogens is 1. The van der Waals surface area contributed by atoms with Gasteiger partial charge in [0, 0.05) is 17.1 Å². The number of nitrogens with zero attached hydrogens (tertiary/aromatic N) is 1. The fourth-order valence-corrected chi connectivity index (χ4v) is 3.23. The van der Waals surface area contributed by atoms with Crippen LogP contribution in [0.3, 0.4) is 0 Å². The monoisotopic (exact) mass is 309 g/mol. The largest absolute Gasteiger partial charge is 0.335 e. The van der Waals surface area contributed by atoms with Crippen molar-refractivity contribution >= 4 is 21.8 Å². The van der Waals surface area contributed by atoms with Crippen molar-refractivity contribution in [2.75, 3.05) is 6.54 Å². The Hall–Kier alpha value is -0.830. The summed E-state index contributed by atoms with van der Waals surface area (Å²) in [5.41, 5.74) is 0.769. The first-order valence-corrected chi connectivity index (χ1v) is 7.35. The maximum atomic E-state index is 12.6. The Morgan fingerprint density at radius 2 is 1.94 bits per heavy atom. The van der Waals surface area contributed by atoms with Crippen molar-refractivity contribution in [1.29, 1.82) is 0 Å². The zero-order valence-electron chi connectivity index (χ0n) is 11.2. The van der Waals surface area contributed by atoms with Crippen molar-refractivity contribution in [2.24, 2.45) is 11.8 Å². The van der Waals surface area contributed by atoms with E-state index in [4.69, 9.17) is 0 Å². The average molecular weight is 310 g/mol. The number of likely N-dealkylation sites (tertiary alicyclic amines) is 1. The van der Waals surface area contributed by atoms with Crippen LogP contribution in [0.4, 0.5) is 0 Å². The highest BCUT2D eigenvalue weighted by Gasteiger charge is 2.32. The number of amides is 1. The van der Waals surface area contributed by atoms with E-state index in [1.807, 2.05) is 29.2 Å². The Morgan fingerprint density at radius 3 is 2.61 bits per heavy atom. The number of hydrogen-bond donors (Lipinski definition) is 0. The molecular weight excluding hydrogens is 290 g/mol. The molecule has 1 aromatic rings. The second kappa shape index (κ2) is 5.43. The van der Waals surface area contributed by atoms with Crippen molar-refractivity contribution in [2.45, 2.75) is 33.2 Å². The molecule has 3 atom stereocenters. The van der Waals surface area contributed by atoms with Crippen LogP contribution in [-0.4, -0.2) is 23.4 Å². The van der Waals surface area contributed by atoms with E-state index in [0.29, 0.717) is 17.9 Å². The van der Waals surface area contributed by atoms with Crippen LogP contribution >= 0.6 is 15.9 Å². The van der Waals surface area contributed by atoms with Crippen LogP contribution in [0.15, 0.2) is 28.7 Å². The zero-order valence-corrected chi connectivity index (χ0v) is 12.8. The highest BCUT2D eigenvalue weighted by molar-refractivity contribution is 9.10. The van der Waals surface area contributed by atoms with Crippen LogP contribution in [0, 0.1) is 11.8 Å². The van der Waals surface area contributed by atoms with Gasteiger partial charge in [-0.3, -0.25) is 4.79 Å². The Morgan fingerprint density at radius 1 is 1.28 bits per heavy atom. The van der Waals surface area contributed by atoms with Crippen molar-refractivity contribution < 1.29 is 4.79 Å². The number of rotatable bonds is 1. The molecule has 1 heterocycles. The van der Waals surface area contributed by atoms with E-state index in [1.54, 1.807) is 0 Å². The van der Waals surface area contributed by atoms with Crippen LogP contribution in [0.2, 0.25) is 0 Å². The number of piperidine rings is 1. The molecule has 3 heteroatoms. The number of benzene rings is 1. The van der Waals surface area contributed by atoms with E-state index in [9.17, 15) is 4.79 Å². The summed E-state index contributed by atoms with van der Waals surface area (Å²) in [6.07, 6.45) is 1.21. The SMILES string of the molecule is CC1CC(C)C(C)N(C(=O)c2ccccc2Br)C1. The second-order valence-corrected chi connectivity index (χ2v) is 6.35. The Bertz CT molecular complexity index is 446. The summed E-state index contributed by atoms with van der Waals surface area (Å²) < 4.78 is 0.882. The quantitative estimate of drug-likeness (QED) is 0.769. The lowest BCUT2D eigenvalue weighted by Gasteiger charge is -2.41. The van der Waals surface area contributed by atoms with Crippen molar-refractivity contribution in [3.63, 3.8) is 0 Å². The summed E-state index contributed by atoms with van der Waals surface area (Å²) in [6, 6.07) is 7.99. The third-order valence-electron chi connectivity index (χ3n) is 3.96. The van der Waals surface area contributed by atoms with Crippen LogP contribution in [0.5, 0.6) is 0 Å². The molecule has 0 radical (unpaired) electrons. The fraction of sp³-hybridized carbons (Fsp3) is 0.533. The number of carbonyl (C=O) groups excluding carboxylic acids is 1. The summed E-state index contributed by atoms with van der Waals surface area (Å²) in [4.78, 5) is 14.6. The topological polar surface area (TPSA) is 20.3 Å². The van der Waals surface area contributed by atoms with Gasteiger partial charge in [0.2, 0.25) is 0 Å². The van der Waals surface area contributed by atoms with E-state index in [0.717, 1.165) is 16.6 Å². The molecule has 1 saturated heterocycles. The van der Waals surface area contributed by atoms with Gasteiger partial charge in [0.05, 0.1) is 5.56 Å². The Labute approximate surface area is 117 Å². The molecule has 1 aliphatic rings. The molecule has 0 aliphatic carbocycles. The first-order valence-electron chi connectivity index (χ1n) is 6.56. The molecule has 0 saturated carbocycles. The van der Waals surface area contributed by atoms with E-state index in [1.165, 1.54) is 6.42 Å². The van der Waals surface area contributed by atoms with Gasteiger partial charge in [0.25, 0.3) is 5.91 Å². The van der Waals surface area contributed by atoms with Gasteiger partial charge in [-0.1, -0.05) is 26.0 Å². The zero-order chi connectivity index (χ0) is 13.3. The number of carbonyl (C=O) groups is 1. The van der Waals surface area contributed by atoms with Gasteiger partial charge in [-0.05, 0) is 53.2 Å². The summed E-state index contributed by atoms with van der Waals surface area (Å²) >= 11 is 3.47. The maximum absolute atomic E-state index is 12.6. The van der Waals surface area contributed by atoms with E-state index in [2.05, 4.69) is 36.7 Å². The molecule has 98 valence electrons. The summed E-state index contributed by atoms with van der Waals surface area (Å²) in [5.74, 6) is 1.30. The van der Waals surface area contributed by atoms with E-state index < -0.39 is 0 Å². The Kier molecular flexibility index (Phi) is 4.10. The molecule has 3 unspecified atom stereocenters. The second-order valence-electron chi connectivity index (χ2n) is 5.50. The van der Waals surface area contributed by atoms with Crippen molar-refractivity contribution in [3.8, 4) is 0 Å². The highest BCUT2D eigenvalue weighted by atomic mass is 79.9. The summed E-state index contributed by atoms with van der Waals surface area (Å²) in [7, 11) is 0. The lowest BCUT2D eigenvalue weighted by molar-refractivity contribution is 0.0455. The first-order chi connectivity index (χ1) is 8.50. The van der Waals surface area contributed by atoms with Crippen molar-refractivity contribution in [3.05, 3.63) is 34.3 Å². The molecule has 1 aliphatic heterocycles. The smallest absolute Gasteiger partial charge is 0.255 e. The van der Waals surface area contributed by atoms with Gasteiger partial charge in [-0.2, -0.15) is 0 Å². The molecule has 1 amide bonds. The third kappa shape index (κ3) is 2.61. The molecule has 1 aromatic carbocycles. The highest BCUT2D eigenvalue weighted by Crippen LogP contribution is 2.29. The first kappa shape index (κ1) is 13.6. The molecule has 18 heavy (non-hydrogen) atoms. The van der Waals surface area contributed by atoms with Gasteiger partial charge in [-0.25, -0.2) is 0 Å². The normalized spacial score (nSPS) is 28.2. The van der Waals surface area contributed by atoms with Crippen molar-refractivity contribution in [1.82, 2.24) is 4.90 Å². The lowest BCUT2D eigenvalue weighted by Crippen LogP contribution is -2.48. The third-order valence-corrected chi connectivity index (χ3v) is 4.65. The molecule has 1 fully saturated rings. The minimum Gasteiger partial charge on any atom is -0.335 e. The molecule has 0 spiro atoms. The van der Waals surface area contributed by atoms with Gasteiger partial charge in [0.15, 0.2) is 0 Å². The van der Waals surface area contributed by atoms with Crippen LogP contribution in [0.1, 0.15) is 37.6 Å². The predicted molar refractivity (Wildman–Crippen MR) is 77.6 cm³/mol. The summed E-state index contributed by atoms with van der Waals surface area (Å²) in [6.45, 7) is 7.49.